The summed E-state index contributed by atoms with van der Waals surface area (Å²) < 4.78 is 0. The molecule has 2 N–H and O–H groups in total. The Morgan fingerprint density at radius 2 is 1.95 bits per heavy atom. The first-order chi connectivity index (χ1) is 10.0. The summed E-state index contributed by atoms with van der Waals surface area (Å²) in [5, 5.41) is 24.1. The number of rotatable bonds is 3. The van der Waals surface area contributed by atoms with Gasteiger partial charge in [-0.25, -0.2) is 4.98 Å². The van der Waals surface area contributed by atoms with Gasteiger partial charge in [-0.05, 0) is 32.6 Å². The fourth-order valence-electron chi connectivity index (χ4n) is 3.55. The summed E-state index contributed by atoms with van der Waals surface area (Å²) in [6.07, 6.45) is 2.86. The van der Waals surface area contributed by atoms with Crippen LogP contribution < -0.4 is 10.2 Å². The maximum Gasteiger partial charge on any atom is 0.332 e. The Morgan fingerprint density at radius 3 is 2.48 bits per heavy atom. The van der Waals surface area contributed by atoms with Crippen LogP contribution in [-0.4, -0.2) is 45.2 Å². The smallest absolute Gasteiger partial charge is 0.332 e. The lowest BCUT2D eigenvalue weighted by atomic mass is 9.99. The van der Waals surface area contributed by atoms with E-state index in [2.05, 4.69) is 15.3 Å². The fourth-order valence-corrected chi connectivity index (χ4v) is 3.55. The average molecular weight is 293 g/mol. The van der Waals surface area contributed by atoms with Gasteiger partial charge in [0.2, 0.25) is 11.8 Å². The minimum atomic E-state index is -0.408. The van der Waals surface area contributed by atoms with E-state index in [1.54, 1.807) is 14.0 Å². The Kier molecular flexibility index (Phi) is 3.40. The summed E-state index contributed by atoms with van der Waals surface area (Å²) in [5.74, 6) is 0.773. The number of fused-ring (bicyclic) bond motifs is 2. The third kappa shape index (κ3) is 2.29. The van der Waals surface area contributed by atoms with Crippen LogP contribution >= 0.6 is 0 Å². The van der Waals surface area contributed by atoms with Crippen LogP contribution in [0, 0.1) is 17.0 Å². The van der Waals surface area contributed by atoms with Gasteiger partial charge < -0.3 is 15.3 Å². The highest BCUT2D eigenvalue weighted by Gasteiger charge is 2.44. The molecule has 0 saturated carbocycles. The van der Waals surface area contributed by atoms with Gasteiger partial charge in [0.15, 0.2) is 0 Å². The summed E-state index contributed by atoms with van der Waals surface area (Å²) in [6, 6.07) is 0.243. The third-order valence-corrected chi connectivity index (χ3v) is 4.40. The SMILES string of the molecule is CNc1nc(C)c([N+](=O)[O-])c(N2C3CCC2CC(O)C3)n1. The van der Waals surface area contributed by atoms with Gasteiger partial charge in [-0.15, -0.1) is 0 Å². The molecule has 2 bridgehead atoms. The molecule has 1 aromatic rings. The molecule has 2 fully saturated rings. The maximum atomic E-state index is 11.4. The van der Waals surface area contributed by atoms with Crippen molar-refractivity contribution in [2.75, 3.05) is 17.3 Å². The molecule has 2 saturated heterocycles. The molecule has 114 valence electrons. The lowest BCUT2D eigenvalue weighted by Gasteiger charge is -2.37. The summed E-state index contributed by atoms with van der Waals surface area (Å²) in [7, 11) is 1.69. The number of aryl methyl sites for hydroxylation is 1. The largest absolute Gasteiger partial charge is 0.393 e. The summed E-state index contributed by atoms with van der Waals surface area (Å²) in [4.78, 5) is 21.5. The molecule has 21 heavy (non-hydrogen) atoms. The molecule has 2 aliphatic heterocycles. The molecule has 2 aliphatic rings. The minimum Gasteiger partial charge on any atom is -0.393 e. The molecule has 2 unspecified atom stereocenters. The Balaban J connectivity index is 2.09. The van der Waals surface area contributed by atoms with E-state index in [-0.39, 0.29) is 23.9 Å². The maximum absolute atomic E-state index is 11.4. The first kappa shape index (κ1) is 14.0. The Morgan fingerprint density at radius 1 is 1.33 bits per heavy atom. The van der Waals surface area contributed by atoms with Crippen molar-refractivity contribution in [1.29, 1.82) is 0 Å². The van der Waals surface area contributed by atoms with E-state index >= 15 is 0 Å². The van der Waals surface area contributed by atoms with Crippen molar-refractivity contribution in [3.8, 4) is 0 Å². The van der Waals surface area contributed by atoms with Crippen molar-refractivity contribution in [3.63, 3.8) is 0 Å². The van der Waals surface area contributed by atoms with Crippen LogP contribution in [0.15, 0.2) is 0 Å². The number of piperidine rings is 1. The monoisotopic (exact) mass is 293 g/mol. The molecule has 8 heteroatoms. The Hall–Kier alpha value is -1.96. The molecule has 1 aromatic heterocycles. The molecular weight excluding hydrogens is 274 g/mol. The number of hydrogen-bond donors (Lipinski definition) is 2. The van der Waals surface area contributed by atoms with Gasteiger partial charge in [-0.3, -0.25) is 10.1 Å². The molecule has 3 rings (SSSR count). The van der Waals surface area contributed by atoms with Crippen molar-refractivity contribution in [2.24, 2.45) is 0 Å². The number of nitro groups is 1. The molecule has 2 atom stereocenters. The zero-order valence-corrected chi connectivity index (χ0v) is 12.1. The molecule has 0 aromatic carbocycles. The lowest BCUT2D eigenvalue weighted by Crippen LogP contribution is -2.45. The van der Waals surface area contributed by atoms with E-state index in [0.29, 0.717) is 30.3 Å². The van der Waals surface area contributed by atoms with E-state index in [1.165, 1.54) is 0 Å². The topological polar surface area (TPSA) is 104 Å². The molecule has 3 heterocycles. The highest BCUT2D eigenvalue weighted by Crippen LogP contribution is 2.42. The zero-order valence-electron chi connectivity index (χ0n) is 12.1. The van der Waals surface area contributed by atoms with E-state index in [0.717, 1.165) is 12.8 Å². The highest BCUT2D eigenvalue weighted by molar-refractivity contribution is 5.64. The number of aromatic nitrogens is 2. The molecular formula is C13H19N5O3. The lowest BCUT2D eigenvalue weighted by molar-refractivity contribution is -0.385. The molecule has 0 spiro atoms. The van der Waals surface area contributed by atoms with Gasteiger partial charge in [0.1, 0.15) is 5.69 Å². The van der Waals surface area contributed by atoms with Crippen LogP contribution in [0.25, 0.3) is 0 Å². The van der Waals surface area contributed by atoms with Gasteiger partial charge in [0, 0.05) is 19.1 Å². The van der Waals surface area contributed by atoms with Crippen LogP contribution in [0.5, 0.6) is 0 Å². The van der Waals surface area contributed by atoms with Crippen LogP contribution in [0.4, 0.5) is 17.5 Å². The molecule has 0 amide bonds. The summed E-state index contributed by atoms with van der Waals surface area (Å²) in [6.45, 7) is 1.63. The van der Waals surface area contributed by atoms with Gasteiger partial charge >= 0.3 is 5.69 Å². The fraction of sp³-hybridized carbons (Fsp3) is 0.692. The Bertz CT molecular complexity index is 565. The second-order valence-electron chi connectivity index (χ2n) is 5.73. The van der Waals surface area contributed by atoms with E-state index in [1.807, 2.05) is 4.90 Å². The van der Waals surface area contributed by atoms with Crippen molar-refractivity contribution in [2.45, 2.75) is 50.8 Å². The number of nitrogens with zero attached hydrogens (tertiary/aromatic N) is 4. The average Bonchev–Trinajstić information content (AvgIpc) is 2.69. The summed E-state index contributed by atoms with van der Waals surface area (Å²) in [5.41, 5.74) is 0.335. The number of anilines is 2. The predicted octanol–water partition coefficient (Wildman–Crippen LogP) is 1.23. The van der Waals surface area contributed by atoms with E-state index < -0.39 is 4.92 Å². The summed E-state index contributed by atoms with van der Waals surface area (Å²) >= 11 is 0. The molecule has 0 aliphatic carbocycles. The van der Waals surface area contributed by atoms with Crippen LogP contribution in [0.1, 0.15) is 31.4 Å². The van der Waals surface area contributed by atoms with E-state index in [9.17, 15) is 15.2 Å². The molecule has 8 nitrogen and oxygen atoms in total. The van der Waals surface area contributed by atoms with Crippen molar-refractivity contribution in [1.82, 2.24) is 9.97 Å². The number of hydrogen-bond acceptors (Lipinski definition) is 7. The van der Waals surface area contributed by atoms with Gasteiger partial charge in [0.05, 0.1) is 11.0 Å². The minimum absolute atomic E-state index is 0.0257. The number of aliphatic hydroxyl groups is 1. The highest BCUT2D eigenvalue weighted by atomic mass is 16.6. The first-order valence-corrected chi connectivity index (χ1v) is 7.18. The first-order valence-electron chi connectivity index (χ1n) is 7.18. The van der Waals surface area contributed by atoms with Crippen molar-refractivity contribution >= 4 is 17.5 Å². The van der Waals surface area contributed by atoms with Gasteiger partial charge in [0.25, 0.3) is 0 Å². The standard InChI is InChI=1S/C13H19N5O3/c1-7-11(18(20)21)12(16-13(14-2)15-7)17-8-3-4-9(17)6-10(19)5-8/h8-10,19H,3-6H2,1-2H3,(H,14,15,16). The van der Waals surface area contributed by atoms with Crippen molar-refractivity contribution in [3.05, 3.63) is 15.8 Å². The van der Waals surface area contributed by atoms with Gasteiger partial charge in [-0.1, -0.05) is 0 Å². The Labute approximate surface area is 122 Å². The predicted molar refractivity (Wildman–Crippen MR) is 77.5 cm³/mol. The quantitative estimate of drug-likeness (QED) is 0.638. The second kappa shape index (κ2) is 5.10. The molecule has 0 radical (unpaired) electrons. The normalized spacial score (nSPS) is 27.8. The number of aliphatic hydroxyl groups excluding tert-OH is 1. The van der Waals surface area contributed by atoms with Crippen LogP contribution in [0.2, 0.25) is 0 Å². The van der Waals surface area contributed by atoms with Crippen LogP contribution in [0.3, 0.4) is 0 Å². The third-order valence-electron chi connectivity index (χ3n) is 4.40. The van der Waals surface area contributed by atoms with Crippen LogP contribution in [-0.2, 0) is 0 Å². The van der Waals surface area contributed by atoms with E-state index in [4.69, 9.17) is 0 Å². The van der Waals surface area contributed by atoms with Crippen molar-refractivity contribution < 1.29 is 10.0 Å². The van der Waals surface area contributed by atoms with Gasteiger partial charge in [-0.2, -0.15) is 4.98 Å². The second-order valence-corrected chi connectivity index (χ2v) is 5.73. The zero-order chi connectivity index (χ0) is 15.1. The number of nitrogens with one attached hydrogen (secondary N) is 1.